The topological polar surface area (TPSA) is 38.9 Å². The molecule has 0 bridgehead atoms. The summed E-state index contributed by atoms with van der Waals surface area (Å²) in [6.07, 6.45) is 4.03. The van der Waals surface area contributed by atoms with Gasteiger partial charge < -0.3 is 5.73 Å². The fraction of sp³-hybridized carbons (Fsp3) is 0.100. The summed E-state index contributed by atoms with van der Waals surface area (Å²) in [5.74, 6) is 0. The van der Waals surface area contributed by atoms with Crippen molar-refractivity contribution in [3.8, 4) is 0 Å². The van der Waals surface area contributed by atoms with Crippen LogP contribution in [0.25, 0.3) is 12.2 Å². The zero-order valence-corrected chi connectivity index (χ0v) is 11.2. The molecule has 2 rings (SSSR count). The molecular formula is C10H9BrN2S2. The molecule has 2 aromatic rings. The van der Waals surface area contributed by atoms with Crippen LogP contribution in [-0.2, 0) is 0 Å². The Hall–Kier alpha value is -0.650. The first-order valence-corrected chi connectivity index (χ1v) is 6.79. The molecule has 0 aliphatic heterocycles. The Bertz CT molecular complexity index is 480. The second-order valence-corrected chi connectivity index (χ2v) is 6.34. The number of nitrogens with two attached hydrogens (primary N) is 1. The Kier molecular flexibility index (Phi) is 3.23. The second-order valence-electron chi connectivity index (χ2n) is 3.05. The maximum absolute atomic E-state index is 5.54. The molecule has 5 heteroatoms. The van der Waals surface area contributed by atoms with Gasteiger partial charge in [-0.25, -0.2) is 4.98 Å². The summed E-state index contributed by atoms with van der Waals surface area (Å²) < 4.78 is 1.18. The minimum Gasteiger partial charge on any atom is -0.375 e. The largest absolute Gasteiger partial charge is 0.375 e. The van der Waals surface area contributed by atoms with Crippen LogP contribution in [0.1, 0.15) is 16.1 Å². The van der Waals surface area contributed by atoms with Crippen LogP contribution in [0.4, 0.5) is 5.13 Å². The molecule has 78 valence electrons. The average molecular weight is 301 g/mol. The first-order chi connectivity index (χ1) is 7.15. The lowest BCUT2D eigenvalue weighted by Gasteiger charge is -1.82. The van der Waals surface area contributed by atoms with Crippen molar-refractivity contribution in [1.82, 2.24) is 4.98 Å². The quantitative estimate of drug-likeness (QED) is 0.909. The Morgan fingerprint density at radius 3 is 2.80 bits per heavy atom. The van der Waals surface area contributed by atoms with Gasteiger partial charge in [-0.15, -0.1) is 22.7 Å². The Morgan fingerprint density at radius 2 is 2.27 bits per heavy atom. The van der Waals surface area contributed by atoms with Crippen molar-refractivity contribution in [2.45, 2.75) is 6.92 Å². The molecule has 0 fully saturated rings. The lowest BCUT2D eigenvalue weighted by Crippen LogP contribution is -1.80. The van der Waals surface area contributed by atoms with E-state index in [0.29, 0.717) is 5.13 Å². The van der Waals surface area contributed by atoms with Crippen molar-refractivity contribution in [2.24, 2.45) is 0 Å². The minimum atomic E-state index is 0.609. The highest BCUT2D eigenvalue weighted by Gasteiger charge is 1.99. The molecule has 2 N–H and O–H groups in total. The van der Waals surface area contributed by atoms with Crippen LogP contribution in [0.3, 0.4) is 0 Å². The van der Waals surface area contributed by atoms with Gasteiger partial charge in [0.15, 0.2) is 5.13 Å². The highest BCUT2D eigenvalue weighted by molar-refractivity contribution is 9.11. The van der Waals surface area contributed by atoms with Crippen molar-refractivity contribution < 1.29 is 0 Å². The summed E-state index contributed by atoms with van der Waals surface area (Å²) >= 11 is 6.67. The molecule has 0 atom stereocenters. The van der Waals surface area contributed by atoms with E-state index in [1.54, 1.807) is 11.3 Å². The van der Waals surface area contributed by atoms with E-state index in [0.717, 1.165) is 5.69 Å². The molecule has 0 aliphatic rings. The maximum Gasteiger partial charge on any atom is 0.180 e. The first-order valence-electron chi connectivity index (χ1n) is 4.30. The van der Waals surface area contributed by atoms with E-state index in [1.807, 2.05) is 11.5 Å². The lowest BCUT2D eigenvalue weighted by atomic mass is 10.3. The molecule has 0 radical (unpaired) electrons. The maximum atomic E-state index is 5.54. The number of nitrogens with zero attached hydrogens (tertiary/aromatic N) is 1. The van der Waals surface area contributed by atoms with Crippen LogP contribution < -0.4 is 5.73 Å². The van der Waals surface area contributed by atoms with E-state index < -0.39 is 0 Å². The Balaban J connectivity index is 2.18. The molecule has 0 unspecified atom stereocenters. The number of thiazole rings is 1. The van der Waals surface area contributed by atoms with E-state index in [4.69, 9.17) is 5.73 Å². The number of rotatable bonds is 2. The first kappa shape index (κ1) is 10.9. The molecule has 2 heterocycles. The summed E-state index contributed by atoms with van der Waals surface area (Å²) in [5.41, 5.74) is 7.72. The normalized spacial score (nSPS) is 11.3. The monoisotopic (exact) mass is 300 g/mol. The highest BCUT2D eigenvalue weighted by Crippen LogP contribution is 2.28. The smallest absolute Gasteiger partial charge is 0.180 e. The lowest BCUT2D eigenvalue weighted by molar-refractivity contribution is 1.39. The molecule has 0 spiro atoms. The van der Waals surface area contributed by atoms with E-state index in [2.05, 4.69) is 40.0 Å². The summed E-state index contributed by atoms with van der Waals surface area (Å²) in [6, 6.07) is 2.14. The van der Waals surface area contributed by atoms with Crippen LogP contribution in [0.5, 0.6) is 0 Å². The van der Waals surface area contributed by atoms with E-state index >= 15 is 0 Å². The number of halogens is 1. The van der Waals surface area contributed by atoms with Gasteiger partial charge in [0, 0.05) is 10.3 Å². The molecule has 0 saturated carbocycles. The molecular weight excluding hydrogens is 292 g/mol. The van der Waals surface area contributed by atoms with Gasteiger partial charge in [0.1, 0.15) is 0 Å². The SMILES string of the molecule is Cc1cc(C=Cc2csc(N)n2)sc1Br. The van der Waals surface area contributed by atoms with E-state index in [-0.39, 0.29) is 0 Å². The van der Waals surface area contributed by atoms with Crippen LogP contribution in [0, 0.1) is 6.92 Å². The van der Waals surface area contributed by atoms with Crippen molar-refractivity contribution in [3.63, 3.8) is 0 Å². The summed E-state index contributed by atoms with van der Waals surface area (Å²) in [4.78, 5) is 5.37. The minimum absolute atomic E-state index is 0.609. The molecule has 15 heavy (non-hydrogen) atoms. The van der Waals surface area contributed by atoms with Crippen molar-refractivity contribution >= 4 is 55.9 Å². The van der Waals surface area contributed by atoms with E-state index in [9.17, 15) is 0 Å². The van der Waals surface area contributed by atoms with Crippen LogP contribution >= 0.6 is 38.6 Å². The fourth-order valence-corrected chi connectivity index (χ4v) is 3.12. The van der Waals surface area contributed by atoms with Crippen molar-refractivity contribution in [3.05, 3.63) is 31.4 Å². The predicted octanol–water partition coefficient (Wildman–Crippen LogP) is 4.03. The van der Waals surface area contributed by atoms with Gasteiger partial charge in [0.25, 0.3) is 0 Å². The average Bonchev–Trinajstić information content (AvgIpc) is 2.72. The summed E-state index contributed by atoms with van der Waals surface area (Å²) in [6.45, 7) is 2.08. The number of aryl methyl sites for hydroxylation is 1. The number of hydrogen-bond acceptors (Lipinski definition) is 4. The van der Waals surface area contributed by atoms with Gasteiger partial charge in [0.2, 0.25) is 0 Å². The zero-order chi connectivity index (χ0) is 10.8. The van der Waals surface area contributed by atoms with Gasteiger partial charge >= 0.3 is 0 Å². The van der Waals surface area contributed by atoms with Gasteiger partial charge in [0.05, 0.1) is 9.48 Å². The van der Waals surface area contributed by atoms with Crippen molar-refractivity contribution in [2.75, 3.05) is 5.73 Å². The summed E-state index contributed by atoms with van der Waals surface area (Å²) in [5, 5.41) is 2.56. The van der Waals surface area contributed by atoms with Crippen molar-refractivity contribution in [1.29, 1.82) is 0 Å². The van der Waals surface area contributed by atoms with Crippen LogP contribution in [0.2, 0.25) is 0 Å². The molecule has 2 nitrogen and oxygen atoms in total. The van der Waals surface area contributed by atoms with Gasteiger partial charge in [-0.05, 0) is 46.6 Å². The Labute approximate surface area is 105 Å². The van der Waals surface area contributed by atoms with Crippen LogP contribution in [0.15, 0.2) is 15.2 Å². The summed E-state index contributed by atoms with van der Waals surface area (Å²) in [7, 11) is 0. The Morgan fingerprint density at radius 1 is 1.47 bits per heavy atom. The van der Waals surface area contributed by atoms with Crippen LogP contribution in [-0.4, -0.2) is 4.98 Å². The zero-order valence-electron chi connectivity index (χ0n) is 8.03. The van der Waals surface area contributed by atoms with Gasteiger partial charge in [-0.2, -0.15) is 0 Å². The third-order valence-electron chi connectivity index (χ3n) is 1.83. The molecule has 0 aromatic carbocycles. The van der Waals surface area contributed by atoms with Gasteiger partial charge in [-0.3, -0.25) is 0 Å². The molecule has 0 saturated heterocycles. The fourth-order valence-electron chi connectivity index (χ4n) is 1.11. The second kappa shape index (κ2) is 4.47. The third-order valence-corrected chi connectivity index (χ3v) is 4.63. The molecule has 0 amide bonds. The highest BCUT2D eigenvalue weighted by atomic mass is 79.9. The molecule has 0 aliphatic carbocycles. The van der Waals surface area contributed by atoms with E-state index in [1.165, 1.54) is 25.6 Å². The number of thiophene rings is 1. The standard InChI is InChI=1S/C10H9BrN2S2/c1-6-4-8(15-9(6)11)3-2-7-5-14-10(12)13-7/h2-5H,1H3,(H2,12,13). The van der Waals surface area contributed by atoms with Gasteiger partial charge in [-0.1, -0.05) is 0 Å². The molecule has 2 aromatic heterocycles. The number of anilines is 1. The number of hydrogen-bond donors (Lipinski definition) is 1. The number of aromatic nitrogens is 1. The predicted molar refractivity (Wildman–Crippen MR) is 72.2 cm³/mol. The third kappa shape index (κ3) is 2.68. The number of nitrogen functional groups attached to an aromatic ring is 1.